The molecule has 0 saturated carbocycles. The average molecular weight is 261 g/mol. The number of morpholine rings is 1. The van der Waals surface area contributed by atoms with Crippen LogP contribution < -0.4 is 0 Å². The summed E-state index contributed by atoms with van der Waals surface area (Å²) in [4.78, 5) is 9.01. The van der Waals surface area contributed by atoms with Crippen molar-refractivity contribution >= 4 is 0 Å². The third-order valence-corrected chi connectivity index (χ3v) is 4.21. The molecule has 2 aliphatic heterocycles. The monoisotopic (exact) mass is 261 g/mol. The Bertz CT molecular complexity index is 407. The number of pyridine rings is 1. The highest BCUT2D eigenvalue weighted by atomic mass is 16.5. The number of aromatic nitrogens is 1. The normalized spacial score (nSPS) is 29.7. The number of hydrogen-bond donors (Lipinski definition) is 0. The van der Waals surface area contributed by atoms with Gasteiger partial charge in [-0.1, -0.05) is 0 Å². The quantitative estimate of drug-likeness (QED) is 0.804. The molecule has 0 N–H and O–H groups in total. The lowest BCUT2D eigenvalue weighted by molar-refractivity contribution is -0.138. The van der Waals surface area contributed by atoms with E-state index in [1.165, 1.54) is 24.9 Å². The fourth-order valence-corrected chi connectivity index (χ4v) is 3.37. The molecule has 2 fully saturated rings. The topological polar surface area (TPSA) is 28.6 Å². The second-order valence-electron chi connectivity index (χ2n) is 5.94. The largest absolute Gasteiger partial charge is 0.371 e. The van der Waals surface area contributed by atoms with Gasteiger partial charge in [0.2, 0.25) is 0 Å². The Balaban J connectivity index is 1.64. The molecule has 2 saturated heterocycles. The van der Waals surface area contributed by atoms with Gasteiger partial charge in [0.1, 0.15) is 0 Å². The van der Waals surface area contributed by atoms with Gasteiger partial charge in [0, 0.05) is 38.6 Å². The summed E-state index contributed by atoms with van der Waals surface area (Å²) in [7, 11) is 2.20. The molecular formula is C15H23N3O. The summed E-state index contributed by atoms with van der Waals surface area (Å²) in [5, 5.41) is 0. The van der Waals surface area contributed by atoms with E-state index in [2.05, 4.69) is 34.0 Å². The van der Waals surface area contributed by atoms with Crippen LogP contribution in [-0.2, 0) is 11.3 Å². The number of nitrogens with zero attached hydrogens (tertiary/aromatic N) is 3. The van der Waals surface area contributed by atoms with Gasteiger partial charge in [-0.25, -0.2) is 0 Å². The van der Waals surface area contributed by atoms with E-state index >= 15 is 0 Å². The Morgan fingerprint density at radius 3 is 2.89 bits per heavy atom. The first-order valence-electron chi connectivity index (χ1n) is 7.20. The summed E-state index contributed by atoms with van der Waals surface area (Å²) in [6.45, 7) is 6.24. The van der Waals surface area contributed by atoms with Crippen molar-refractivity contribution in [2.75, 3.05) is 39.8 Å². The molecule has 1 aromatic rings. The molecule has 3 heterocycles. The highest BCUT2D eigenvalue weighted by Gasteiger charge is 2.39. The lowest BCUT2D eigenvalue weighted by Crippen LogP contribution is -2.58. The lowest BCUT2D eigenvalue weighted by Gasteiger charge is -2.47. The number of piperidine rings is 1. The number of likely N-dealkylation sites (tertiary alicyclic amines) is 1. The number of hydrogen-bond acceptors (Lipinski definition) is 4. The molecule has 1 aromatic heterocycles. The molecule has 104 valence electrons. The molecule has 1 unspecified atom stereocenters. The van der Waals surface area contributed by atoms with Crippen LogP contribution in [0.5, 0.6) is 0 Å². The Kier molecular flexibility index (Phi) is 3.82. The van der Waals surface area contributed by atoms with Crippen LogP contribution in [0.1, 0.15) is 18.4 Å². The van der Waals surface area contributed by atoms with Gasteiger partial charge >= 0.3 is 0 Å². The van der Waals surface area contributed by atoms with Gasteiger partial charge in [-0.3, -0.25) is 9.88 Å². The van der Waals surface area contributed by atoms with E-state index in [1.807, 2.05) is 12.4 Å². The van der Waals surface area contributed by atoms with Crippen LogP contribution in [0.15, 0.2) is 24.5 Å². The van der Waals surface area contributed by atoms with Gasteiger partial charge in [-0.05, 0) is 44.1 Å². The van der Waals surface area contributed by atoms with E-state index in [9.17, 15) is 0 Å². The number of rotatable bonds is 2. The molecular weight excluding hydrogens is 238 g/mol. The minimum Gasteiger partial charge on any atom is -0.371 e. The van der Waals surface area contributed by atoms with Gasteiger partial charge in [0.25, 0.3) is 0 Å². The zero-order valence-electron chi connectivity index (χ0n) is 11.7. The summed E-state index contributed by atoms with van der Waals surface area (Å²) in [5.41, 5.74) is 1.41. The zero-order chi connectivity index (χ0) is 13.1. The average Bonchev–Trinajstić information content (AvgIpc) is 2.39. The zero-order valence-corrected chi connectivity index (χ0v) is 11.7. The summed E-state index contributed by atoms with van der Waals surface area (Å²) < 4.78 is 6.15. The van der Waals surface area contributed by atoms with Crippen molar-refractivity contribution in [3.63, 3.8) is 0 Å². The Morgan fingerprint density at radius 2 is 2.11 bits per heavy atom. The lowest BCUT2D eigenvalue weighted by atomic mass is 9.91. The van der Waals surface area contributed by atoms with Crippen LogP contribution in [0.25, 0.3) is 0 Å². The van der Waals surface area contributed by atoms with Crippen molar-refractivity contribution in [1.29, 1.82) is 0 Å². The predicted molar refractivity (Wildman–Crippen MR) is 74.9 cm³/mol. The standard InChI is InChI=1S/C15H23N3O/c1-17-8-2-5-15(12-17)13-18(9-10-19-15)11-14-3-6-16-7-4-14/h3-4,6-7H,2,5,8-13H2,1H3. The van der Waals surface area contributed by atoms with Crippen LogP contribution >= 0.6 is 0 Å². The maximum absolute atomic E-state index is 6.15. The summed E-state index contributed by atoms with van der Waals surface area (Å²) in [6.07, 6.45) is 6.20. The minimum atomic E-state index is 0.0677. The molecule has 19 heavy (non-hydrogen) atoms. The van der Waals surface area contributed by atoms with E-state index < -0.39 is 0 Å². The molecule has 0 amide bonds. The molecule has 0 radical (unpaired) electrons. The molecule has 0 bridgehead atoms. The molecule has 3 rings (SSSR count). The van der Waals surface area contributed by atoms with Gasteiger partial charge in [0.05, 0.1) is 12.2 Å². The van der Waals surface area contributed by atoms with E-state index in [4.69, 9.17) is 4.74 Å². The van der Waals surface area contributed by atoms with Gasteiger partial charge in [-0.2, -0.15) is 0 Å². The Labute approximate surface area is 115 Å². The van der Waals surface area contributed by atoms with E-state index in [0.29, 0.717) is 0 Å². The first-order valence-corrected chi connectivity index (χ1v) is 7.20. The Hall–Kier alpha value is -0.970. The molecule has 0 aliphatic carbocycles. The number of ether oxygens (including phenoxy) is 1. The third-order valence-electron chi connectivity index (χ3n) is 4.21. The predicted octanol–water partition coefficient (Wildman–Crippen LogP) is 1.38. The molecule has 0 aromatic carbocycles. The van der Waals surface area contributed by atoms with Crippen LogP contribution in [0.2, 0.25) is 0 Å². The van der Waals surface area contributed by atoms with Gasteiger partial charge in [-0.15, -0.1) is 0 Å². The minimum absolute atomic E-state index is 0.0677. The second-order valence-corrected chi connectivity index (χ2v) is 5.94. The summed E-state index contributed by atoms with van der Waals surface area (Å²) >= 11 is 0. The molecule has 4 heteroatoms. The van der Waals surface area contributed by atoms with Crippen molar-refractivity contribution in [3.05, 3.63) is 30.1 Å². The van der Waals surface area contributed by atoms with Crippen molar-refractivity contribution in [2.45, 2.75) is 25.0 Å². The highest BCUT2D eigenvalue weighted by molar-refractivity contribution is 5.10. The summed E-state index contributed by atoms with van der Waals surface area (Å²) in [6, 6.07) is 4.21. The van der Waals surface area contributed by atoms with Crippen LogP contribution in [-0.4, -0.2) is 60.2 Å². The van der Waals surface area contributed by atoms with Gasteiger partial charge in [0.15, 0.2) is 0 Å². The van der Waals surface area contributed by atoms with Crippen molar-refractivity contribution in [2.24, 2.45) is 0 Å². The third kappa shape index (κ3) is 3.14. The maximum atomic E-state index is 6.15. The first kappa shape index (κ1) is 13.0. The SMILES string of the molecule is CN1CCCC2(C1)CN(Cc1ccncc1)CCO2. The van der Waals surface area contributed by atoms with Crippen LogP contribution in [0.3, 0.4) is 0 Å². The second kappa shape index (κ2) is 5.57. The van der Waals surface area contributed by atoms with Gasteiger partial charge < -0.3 is 9.64 Å². The Morgan fingerprint density at radius 1 is 1.26 bits per heavy atom. The smallest absolute Gasteiger partial charge is 0.0935 e. The molecule has 1 atom stereocenters. The van der Waals surface area contributed by atoms with Crippen molar-refractivity contribution in [3.8, 4) is 0 Å². The number of likely N-dealkylation sites (N-methyl/N-ethyl adjacent to an activating group) is 1. The molecule has 2 aliphatic rings. The van der Waals surface area contributed by atoms with Crippen LogP contribution in [0, 0.1) is 0 Å². The fourth-order valence-electron chi connectivity index (χ4n) is 3.37. The van der Waals surface area contributed by atoms with E-state index in [1.54, 1.807) is 0 Å². The van der Waals surface area contributed by atoms with Crippen molar-refractivity contribution in [1.82, 2.24) is 14.8 Å². The van der Waals surface area contributed by atoms with E-state index in [-0.39, 0.29) is 5.60 Å². The first-order chi connectivity index (χ1) is 9.26. The summed E-state index contributed by atoms with van der Waals surface area (Å²) in [5.74, 6) is 0. The van der Waals surface area contributed by atoms with Crippen molar-refractivity contribution < 1.29 is 4.74 Å². The fraction of sp³-hybridized carbons (Fsp3) is 0.667. The van der Waals surface area contributed by atoms with Crippen LogP contribution in [0.4, 0.5) is 0 Å². The highest BCUT2D eigenvalue weighted by Crippen LogP contribution is 2.28. The van der Waals surface area contributed by atoms with E-state index in [0.717, 1.165) is 32.8 Å². The maximum Gasteiger partial charge on any atom is 0.0935 e. The molecule has 4 nitrogen and oxygen atoms in total. The molecule has 1 spiro atoms.